The van der Waals surface area contributed by atoms with Crippen molar-refractivity contribution in [3.63, 3.8) is 0 Å². The molecule has 0 aliphatic rings. The van der Waals surface area contributed by atoms with E-state index in [9.17, 15) is 47.9 Å². The van der Waals surface area contributed by atoms with Crippen molar-refractivity contribution in [3.8, 4) is 0 Å². The van der Waals surface area contributed by atoms with Gasteiger partial charge in [-0.3, -0.25) is 47.9 Å². The Morgan fingerprint density at radius 2 is 1.17 bits per heavy atom. The molecule has 0 saturated heterocycles. The van der Waals surface area contributed by atoms with E-state index in [2.05, 4.69) is 65.1 Å². The number of benzene rings is 1. The van der Waals surface area contributed by atoms with Crippen molar-refractivity contribution in [2.45, 2.75) is 135 Å². The number of carbonyl (C=O) groups is 10. The number of carbonyl (C=O) groups excluding carboxylic acids is 10. The highest BCUT2D eigenvalue weighted by Crippen LogP contribution is 2.11. The molecule has 0 bridgehead atoms. The van der Waals surface area contributed by atoms with Gasteiger partial charge in [0.2, 0.25) is 59.1 Å². The number of primary amides is 2. The van der Waals surface area contributed by atoms with Gasteiger partial charge in [0, 0.05) is 30.5 Å². The molecule has 69 heavy (non-hydrogen) atoms. The lowest BCUT2D eigenvalue weighted by molar-refractivity contribution is -0.135. The van der Waals surface area contributed by atoms with Crippen LogP contribution in [-0.2, 0) is 60.8 Å². The van der Waals surface area contributed by atoms with E-state index in [1.165, 1.54) is 19.4 Å². The maximum Gasteiger partial charge on any atom is 0.244 e. The zero-order chi connectivity index (χ0) is 52.0. The number of aromatic nitrogens is 2. The Bertz CT molecular complexity index is 2060. The second-order valence-corrected chi connectivity index (χ2v) is 18.3. The Kier molecular flexibility index (Phi) is 24.9. The predicted molar refractivity (Wildman–Crippen MR) is 258 cm³/mol. The van der Waals surface area contributed by atoms with E-state index in [-0.39, 0.29) is 56.1 Å². The zero-order valence-corrected chi connectivity index (χ0v) is 41.2. The van der Waals surface area contributed by atoms with Crippen LogP contribution in [0.15, 0.2) is 42.9 Å². The van der Waals surface area contributed by atoms with E-state index in [1.54, 1.807) is 44.2 Å². The van der Waals surface area contributed by atoms with Crippen LogP contribution < -0.4 is 59.7 Å². The number of hydrogen-bond acceptors (Lipinski definition) is 13. The average molecular weight is 986 g/mol. The molecule has 0 aliphatic carbocycles. The first-order chi connectivity index (χ1) is 32.4. The Balaban J connectivity index is 2.09. The van der Waals surface area contributed by atoms with Crippen LogP contribution in [0.4, 0.5) is 0 Å². The third-order valence-electron chi connectivity index (χ3n) is 10.5. The first-order valence-electron chi connectivity index (χ1n) is 22.8. The second kappa shape index (κ2) is 29.4. The number of imidazole rings is 1. The summed E-state index contributed by atoms with van der Waals surface area (Å²) in [4.78, 5) is 137. The highest BCUT2D eigenvalue weighted by molar-refractivity contribution is 7.80. The summed E-state index contributed by atoms with van der Waals surface area (Å²) < 4.78 is 0. The molecular formula is C45H71N13O10S. The standard InChI is InChI=1S/C45H71N13O10S/c1-23(2)15-31(38(48)61)55-42(65)32(16-24(3)4)56-43(66)33(18-28-19-49-22-51-28)53-36(60)20-50-45(68)37(25(5)6)58-39(62)26(7)52-44(67)34(21-69)57-41(64)30(13-14-35(47)59)54-40(63)29(46)17-27-11-9-8-10-12-27/h8-12,19,22-26,29-34,37,69H,13-18,20-21,46H2,1-7H3,(H2,47,59)(H2,48,61)(H,49,51)(H,50,68)(H,52,67)(H,53,60)(H,54,63)(H,55,65)(H,56,66)(H,57,64)(H,58,62)/t26-,29+,30-,31-,32-,33-,34-,37-/m0/s1. The van der Waals surface area contributed by atoms with Gasteiger partial charge in [-0.05, 0) is 55.9 Å². The first-order valence-corrected chi connectivity index (χ1v) is 23.4. The molecule has 382 valence electrons. The summed E-state index contributed by atoms with van der Waals surface area (Å²) in [7, 11) is 0. The van der Waals surface area contributed by atoms with Crippen LogP contribution in [0.2, 0.25) is 0 Å². The molecule has 23 nitrogen and oxygen atoms in total. The van der Waals surface area contributed by atoms with Gasteiger partial charge in [0.1, 0.15) is 42.3 Å². The molecule has 0 spiro atoms. The molecular weight excluding hydrogens is 915 g/mol. The zero-order valence-electron chi connectivity index (χ0n) is 40.3. The molecule has 10 amide bonds. The monoisotopic (exact) mass is 986 g/mol. The van der Waals surface area contributed by atoms with Gasteiger partial charge in [-0.15, -0.1) is 0 Å². The number of H-pyrrole nitrogens is 1. The topological polar surface area (TPSA) is 374 Å². The Morgan fingerprint density at radius 3 is 1.72 bits per heavy atom. The number of rotatable bonds is 30. The van der Waals surface area contributed by atoms with E-state index >= 15 is 0 Å². The molecule has 0 fully saturated rings. The van der Waals surface area contributed by atoms with Gasteiger partial charge < -0.3 is 64.7 Å². The van der Waals surface area contributed by atoms with Gasteiger partial charge in [0.15, 0.2) is 0 Å². The van der Waals surface area contributed by atoms with Crippen LogP contribution in [0.3, 0.4) is 0 Å². The molecule has 2 aromatic rings. The summed E-state index contributed by atoms with van der Waals surface area (Å²) in [5, 5.41) is 20.4. The van der Waals surface area contributed by atoms with E-state index in [4.69, 9.17) is 17.2 Å². The van der Waals surface area contributed by atoms with Crippen LogP contribution in [0.5, 0.6) is 0 Å². The third kappa shape index (κ3) is 21.5. The van der Waals surface area contributed by atoms with E-state index in [0.717, 1.165) is 5.56 Å². The molecule has 24 heteroatoms. The molecule has 1 aromatic carbocycles. The quantitative estimate of drug-likeness (QED) is 0.0361. The highest BCUT2D eigenvalue weighted by Gasteiger charge is 2.33. The van der Waals surface area contributed by atoms with Crippen LogP contribution in [0.25, 0.3) is 0 Å². The Labute approximate surface area is 407 Å². The van der Waals surface area contributed by atoms with Gasteiger partial charge in [-0.1, -0.05) is 71.9 Å². The average Bonchev–Trinajstić information content (AvgIpc) is 3.79. The summed E-state index contributed by atoms with van der Waals surface area (Å²) in [5.41, 5.74) is 18.2. The summed E-state index contributed by atoms with van der Waals surface area (Å²) in [5.74, 6) is -8.37. The summed E-state index contributed by atoms with van der Waals surface area (Å²) >= 11 is 4.18. The largest absolute Gasteiger partial charge is 0.370 e. The number of thiol groups is 1. The molecule has 8 atom stereocenters. The lowest BCUT2D eigenvalue weighted by Crippen LogP contribution is -2.59. The molecule has 1 heterocycles. The van der Waals surface area contributed by atoms with Crippen molar-refractivity contribution in [2.24, 2.45) is 35.0 Å². The van der Waals surface area contributed by atoms with Crippen molar-refractivity contribution in [3.05, 3.63) is 54.1 Å². The van der Waals surface area contributed by atoms with Crippen molar-refractivity contribution in [1.82, 2.24) is 52.5 Å². The molecule has 0 radical (unpaired) electrons. The smallest absolute Gasteiger partial charge is 0.244 e. The minimum Gasteiger partial charge on any atom is -0.370 e. The van der Waals surface area contributed by atoms with Gasteiger partial charge in [-0.2, -0.15) is 12.6 Å². The van der Waals surface area contributed by atoms with Gasteiger partial charge in [-0.25, -0.2) is 4.98 Å². The Hall–Kier alpha value is -6.56. The number of hydrogen-bond donors (Lipinski definition) is 13. The molecule has 1 aromatic heterocycles. The number of nitrogens with zero attached hydrogens (tertiary/aromatic N) is 1. The number of aromatic amines is 1. The predicted octanol–water partition coefficient (Wildman–Crippen LogP) is -2.52. The minimum atomic E-state index is -1.33. The van der Waals surface area contributed by atoms with Gasteiger partial charge in [0.05, 0.1) is 18.9 Å². The number of nitrogens with two attached hydrogens (primary N) is 3. The molecule has 15 N–H and O–H groups in total. The Morgan fingerprint density at radius 1 is 0.623 bits per heavy atom. The van der Waals surface area contributed by atoms with Crippen molar-refractivity contribution in [1.29, 1.82) is 0 Å². The lowest BCUT2D eigenvalue weighted by Gasteiger charge is -2.26. The molecule has 0 aliphatic heterocycles. The van der Waals surface area contributed by atoms with Crippen LogP contribution in [-0.4, -0.2) is 130 Å². The summed E-state index contributed by atoms with van der Waals surface area (Å²) in [6, 6.07) is -0.581. The molecule has 0 unspecified atom stereocenters. The third-order valence-corrected chi connectivity index (χ3v) is 10.9. The van der Waals surface area contributed by atoms with Crippen LogP contribution >= 0.6 is 12.6 Å². The van der Waals surface area contributed by atoms with Crippen molar-refractivity contribution >= 4 is 71.7 Å². The van der Waals surface area contributed by atoms with E-state index in [0.29, 0.717) is 5.69 Å². The second-order valence-electron chi connectivity index (χ2n) is 18.0. The molecule has 2 rings (SSSR count). The van der Waals surface area contributed by atoms with E-state index < -0.39 is 120 Å². The summed E-state index contributed by atoms with van der Waals surface area (Å²) in [6.45, 7) is 11.4. The minimum absolute atomic E-state index is 0.0294. The SMILES string of the molecule is CC(C)C[C@H](NC(=O)[C@H](CC(C)C)NC(=O)[C@H](Cc1cnc[nH]1)NC(=O)CNC(=O)[C@@H](NC(=O)[C@H](C)NC(=O)[C@H](CS)NC(=O)[C@H](CCC(N)=O)NC(=O)[C@H](N)Cc1ccccc1)C(C)C)C(N)=O. The van der Waals surface area contributed by atoms with Crippen molar-refractivity contribution < 1.29 is 47.9 Å². The maximum absolute atomic E-state index is 13.7. The van der Waals surface area contributed by atoms with Gasteiger partial charge in [0.25, 0.3) is 0 Å². The molecule has 0 saturated carbocycles. The fraction of sp³-hybridized carbons (Fsp3) is 0.578. The van der Waals surface area contributed by atoms with Crippen molar-refractivity contribution in [2.75, 3.05) is 12.3 Å². The van der Waals surface area contributed by atoms with Crippen LogP contribution in [0.1, 0.15) is 85.4 Å². The fourth-order valence-electron chi connectivity index (χ4n) is 6.77. The normalized spacial score (nSPS) is 14.7. The lowest BCUT2D eigenvalue weighted by atomic mass is 9.99. The maximum atomic E-state index is 13.7. The van der Waals surface area contributed by atoms with Crippen LogP contribution in [0, 0.1) is 17.8 Å². The summed E-state index contributed by atoms with van der Waals surface area (Å²) in [6.07, 6.45) is 2.89. The van der Waals surface area contributed by atoms with E-state index in [1.807, 2.05) is 27.7 Å². The first kappa shape index (κ1) is 58.6. The fourth-order valence-corrected chi connectivity index (χ4v) is 7.02. The number of nitrogens with one attached hydrogen (secondary N) is 9. The van der Waals surface area contributed by atoms with Gasteiger partial charge >= 0.3 is 0 Å². The highest BCUT2D eigenvalue weighted by atomic mass is 32.1. The number of amides is 10.